The number of halogens is 2. The third kappa shape index (κ3) is 3.15. The highest BCUT2D eigenvalue weighted by molar-refractivity contribution is 14.1. The molecule has 0 bridgehead atoms. The van der Waals surface area contributed by atoms with Gasteiger partial charge in [0.25, 0.3) is 0 Å². The number of alkyl halides is 1. The Hall–Kier alpha value is 0.290. The normalized spacial score (nSPS) is 31.7. The smallest absolute Gasteiger partial charge is 0.320 e. The van der Waals surface area contributed by atoms with Crippen molar-refractivity contribution in [3.05, 3.63) is 21.3 Å². The highest BCUT2D eigenvalue weighted by atomic mass is 127. The Morgan fingerprint density at radius 3 is 2.69 bits per heavy atom. The highest BCUT2D eigenvalue weighted by Gasteiger charge is 2.35. The van der Waals surface area contributed by atoms with E-state index in [4.69, 9.17) is 16.6 Å². The van der Waals surface area contributed by atoms with Crippen molar-refractivity contribution < 1.29 is 15.0 Å². The number of rotatable bonds is 3. The second-order valence-electron chi connectivity index (χ2n) is 3.61. The molecule has 1 rings (SSSR count). The molecule has 5 nitrogen and oxygen atoms in total. The number of hydrogen-bond acceptors (Lipinski definition) is 4. The summed E-state index contributed by atoms with van der Waals surface area (Å²) in [6.07, 6.45) is 3.65. The maximum Gasteiger partial charge on any atom is 0.320 e. The lowest BCUT2D eigenvalue weighted by molar-refractivity contribution is -0.138. The number of carboxylic acids is 1. The zero-order valence-corrected chi connectivity index (χ0v) is 12.5. The maximum atomic E-state index is 10.6. The zero-order chi connectivity index (χ0) is 12.5. The molecular formula is C9H12I2N2O3. The quantitative estimate of drug-likeness (QED) is 0.285. The van der Waals surface area contributed by atoms with Crippen LogP contribution in [0, 0.1) is 0 Å². The topological polar surface area (TPSA) is 110 Å². The molecule has 2 unspecified atom stereocenters. The summed E-state index contributed by atoms with van der Waals surface area (Å²) in [5.74, 6) is -1.04. The van der Waals surface area contributed by atoms with Crippen molar-refractivity contribution in [2.24, 2.45) is 11.5 Å². The van der Waals surface area contributed by atoms with E-state index in [0.29, 0.717) is 3.58 Å². The van der Waals surface area contributed by atoms with Crippen LogP contribution in [0.4, 0.5) is 0 Å². The van der Waals surface area contributed by atoms with Crippen LogP contribution in [0.5, 0.6) is 0 Å². The van der Waals surface area contributed by atoms with Gasteiger partial charge in [0.1, 0.15) is 6.04 Å². The molecule has 0 saturated carbocycles. The number of carboxylic acid groups (broad SMARTS) is 1. The van der Waals surface area contributed by atoms with Crippen LogP contribution in [0.1, 0.15) is 6.42 Å². The van der Waals surface area contributed by atoms with Gasteiger partial charge in [0.2, 0.25) is 0 Å². The lowest BCUT2D eigenvalue weighted by Crippen LogP contribution is -2.49. The average Bonchev–Trinajstić information content (AvgIpc) is 2.14. The molecule has 0 fully saturated rings. The molecule has 1 aliphatic rings. The molecule has 0 amide bonds. The molecule has 6 N–H and O–H groups in total. The summed E-state index contributed by atoms with van der Waals surface area (Å²) in [7, 11) is 0. The number of aliphatic carboxylic acids is 1. The molecule has 0 spiro atoms. The Bertz CT molecular complexity index is 366. The molecule has 16 heavy (non-hydrogen) atoms. The van der Waals surface area contributed by atoms with Crippen molar-refractivity contribution in [3.8, 4) is 0 Å². The van der Waals surface area contributed by atoms with Crippen LogP contribution in [0.15, 0.2) is 21.3 Å². The molecule has 0 aromatic carbocycles. The number of allylic oxidation sites excluding steroid dienone is 1. The molecule has 0 aromatic rings. The largest absolute Gasteiger partial charge is 0.480 e. The van der Waals surface area contributed by atoms with Crippen LogP contribution in [0.25, 0.3) is 0 Å². The van der Waals surface area contributed by atoms with Crippen molar-refractivity contribution in [2.75, 3.05) is 0 Å². The van der Waals surface area contributed by atoms with E-state index >= 15 is 0 Å². The minimum Gasteiger partial charge on any atom is -0.480 e. The summed E-state index contributed by atoms with van der Waals surface area (Å²) in [5, 5.41) is 18.6. The summed E-state index contributed by atoms with van der Waals surface area (Å²) in [5.41, 5.74) is 10.5. The van der Waals surface area contributed by atoms with Gasteiger partial charge in [0.15, 0.2) is 5.72 Å². The molecule has 0 radical (unpaired) electrons. The monoisotopic (exact) mass is 450 g/mol. The first-order valence-electron chi connectivity index (χ1n) is 4.47. The van der Waals surface area contributed by atoms with Gasteiger partial charge in [0, 0.05) is 3.58 Å². The Morgan fingerprint density at radius 1 is 1.69 bits per heavy atom. The fourth-order valence-electron chi connectivity index (χ4n) is 1.24. The van der Waals surface area contributed by atoms with Gasteiger partial charge in [-0.25, -0.2) is 0 Å². The molecule has 7 heteroatoms. The molecule has 1 aliphatic carbocycles. The Morgan fingerprint density at radius 2 is 2.25 bits per heavy atom. The Labute approximate surface area is 120 Å². The first-order chi connectivity index (χ1) is 7.25. The van der Waals surface area contributed by atoms with E-state index in [1.165, 1.54) is 0 Å². The van der Waals surface area contributed by atoms with Gasteiger partial charge < -0.3 is 15.9 Å². The van der Waals surface area contributed by atoms with Crippen molar-refractivity contribution in [2.45, 2.75) is 22.1 Å². The molecule has 3 atom stereocenters. The molecule has 0 aliphatic heterocycles. The second-order valence-corrected chi connectivity index (χ2v) is 6.11. The minimum absolute atomic E-state index is 0.234. The highest BCUT2D eigenvalue weighted by Crippen LogP contribution is 2.34. The fourth-order valence-corrected chi connectivity index (χ4v) is 3.37. The van der Waals surface area contributed by atoms with E-state index in [-0.39, 0.29) is 10.3 Å². The van der Waals surface area contributed by atoms with Gasteiger partial charge >= 0.3 is 5.97 Å². The van der Waals surface area contributed by atoms with E-state index in [1.807, 2.05) is 45.2 Å². The van der Waals surface area contributed by atoms with Gasteiger partial charge in [-0.05, 0) is 40.7 Å². The molecule has 0 aromatic heterocycles. The summed E-state index contributed by atoms with van der Waals surface area (Å²) in [6, 6.07) is -0.931. The number of hydrogen-bond donors (Lipinski definition) is 4. The first-order valence-corrected chi connectivity index (χ1v) is 6.79. The minimum atomic E-state index is -1.38. The zero-order valence-electron chi connectivity index (χ0n) is 8.23. The van der Waals surface area contributed by atoms with Crippen molar-refractivity contribution in [3.63, 3.8) is 0 Å². The van der Waals surface area contributed by atoms with Gasteiger partial charge in [0.05, 0.1) is 3.92 Å². The van der Waals surface area contributed by atoms with Crippen LogP contribution in [-0.2, 0) is 4.79 Å². The fraction of sp³-hybridized carbons (Fsp3) is 0.444. The predicted molar refractivity (Wildman–Crippen MR) is 77.4 cm³/mol. The number of nitrogens with two attached hydrogens (primary N) is 2. The van der Waals surface area contributed by atoms with Crippen LogP contribution < -0.4 is 11.5 Å². The van der Waals surface area contributed by atoms with Gasteiger partial charge in [-0.1, -0.05) is 28.7 Å². The molecule has 90 valence electrons. The van der Waals surface area contributed by atoms with Gasteiger partial charge in [-0.3, -0.25) is 10.5 Å². The van der Waals surface area contributed by atoms with Crippen LogP contribution >= 0.6 is 45.2 Å². The molecule has 0 heterocycles. The SMILES string of the molecule is N[C@@H](CC1=CC(I)C(N)(O)C(I)=C1)C(=O)O. The number of carbonyl (C=O) groups is 1. The summed E-state index contributed by atoms with van der Waals surface area (Å²) in [6.45, 7) is 0. The summed E-state index contributed by atoms with van der Waals surface area (Å²) < 4.78 is 0.289. The lowest BCUT2D eigenvalue weighted by atomic mass is 9.96. The standard InChI is InChI=1S/C9H12I2N2O3/c10-6-2-4(1-5(12)8(14)15)3-7(11)9(6,13)16/h2-3,5-6,16H,1,12-13H2,(H,14,15)/t5-,6?,9?/m0/s1. The van der Waals surface area contributed by atoms with Crippen molar-refractivity contribution >= 4 is 51.2 Å². The van der Waals surface area contributed by atoms with Crippen LogP contribution in [0.3, 0.4) is 0 Å². The van der Waals surface area contributed by atoms with E-state index < -0.39 is 17.7 Å². The third-order valence-corrected chi connectivity index (χ3v) is 4.73. The summed E-state index contributed by atoms with van der Waals surface area (Å²) in [4.78, 5) is 10.6. The van der Waals surface area contributed by atoms with Gasteiger partial charge in [-0.15, -0.1) is 0 Å². The average molecular weight is 450 g/mol. The van der Waals surface area contributed by atoms with Crippen LogP contribution in [-0.4, -0.2) is 31.9 Å². The van der Waals surface area contributed by atoms with Gasteiger partial charge in [-0.2, -0.15) is 0 Å². The van der Waals surface area contributed by atoms with Crippen molar-refractivity contribution in [1.82, 2.24) is 0 Å². The van der Waals surface area contributed by atoms with E-state index in [0.717, 1.165) is 5.57 Å². The van der Waals surface area contributed by atoms with Crippen LogP contribution in [0.2, 0.25) is 0 Å². The first kappa shape index (κ1) is 14.4. The summed E-state index contributed by atoms with van der Waals surface area (Å²) >= 11 is 3.96. The third-order valence-electron chi connectivity index (χ3n) is 2.25. The second kappa shape index (κ2) is 5.29. The number of aliphatic hydroxyl groups is 1. The lowest BCUT2D eigenvalue weighted by Gasteiger charge is -2.31. The van der Waals surface area contributed by atoms with Crippen molar-refractivity contribution in [1.29, 1.82) is 0 Å². The molecule has 0 saturated heterocycles. The Kier molecular flexibility index (Phi) is 4.75. The maximum absolute atomic E-state index is 10.6. The Balaban J connectivity index is 2.83. The van der Waals surface area contributed by atoms with E-state index in [2.05, 4.69) is 0 Å². The van der Waals surface area contributed by atoms with E-state index in [9.17, 15) is 9.90 Å². The van der Waals surface area contributed by atoms with E-state index in [1.54, 1.807) is 12.2 Å². The predicted octanol–water partition coefficient (Wildman–Crippen LogP) is 0.498. The molecular weight excluding hydrogens is 438 g/mol.